The molecule has 0 fully saturated rings. The summed E-state index contributed by atoms with van der Waals surface area (Å²) in [5.74, 6) is 0. The van der Waals surface area contributed by atoms with Crippen LogP contribution in [0.25, 0.3) is 5.69 Å². The van der Waals surface area contributed by atoms with E-state index in [1.165, 1.54) is 5.56 Å². The van der Waals surface area contributed by atoms with Crippen LogP contribution in [-0.2, 0) is 6.42 Å². The molecule has 5 heteroatoms. The maximum absolute atomic E-state index is 11.1. The molecule has 1 aromatic heterocycles. The van der Waals surface area contributed by atoms with Gasteiger partial charge in [0.25, 0.3) is 0 Å². The van der Waals surface area contributed by atoms with Gasteiger partial charge in [0, 0.05) is 17.1 Å². The highest BCUT2D eigenvalue weighted by molar-refractivity contribution is 6.35. The second kappa shape index (κ2) is 6.57. The van der Waals surface area contributed by atoms with Gasteiger partial charge in [0.05, 0.1) is 10.7 Å². The van der Waals surface area contributed by atoms with Crippen molar-refractivity contribution in [2.24, 2.45) is 0 Å². The van der Waals surface area contributed by atoms with E-state index in [0.717, 1.165) is 17.5 Å². The molecule has 0 N–H and O–H groups in total. The minimum atomic E-state index is 0.374. The lowest BCUT2D eigenvalue weighted by molar-refractivity contribution is 0.111. The Morgan fingerprint density at radius 1 is 1.13 bits per heavy atom. The van der Waals surface area contributed by atoms with E-state index in [1.54, 1.807) is 28.9 Å². The van der Waals surface area contributed by atoms with Crippen LogP contribution in [0.15, 0.2) is 48.5 Å². The minimum Gasteiger partial charge on any atom is -0.296 e. The summed E-state index contributed by atoms with van der Waals surface area (Å²) in [6.07, 6.45) is 1.39. The van der Waals surface area contributed by atoms with Gasteiger partial charge in [-0.05, 0) is 36.8 Å². The van der Waals surface area contributed by atoms with E-state index in [-0.39, 0.29) is 0 Å². The van der Waals surface area contributed by atoms with E-state index in [0.29, 0.717) is 27.8 Å². The third kappa shape index (κ3) is 3.46. The number of carbonyl (C=O) groups excluding carboxylic acids is 1. The number of nitrogens with zero attached hydrogens (tertiary/aromatic N) is 2. The zero-order valence-electron chi connectivity index (χ0n) is 12.5. The number of benzene rings is 2. The van der Waals surface area contributed by atoms with Gasteiger partial charge in [-0.25, -0.2) is 4.68 Å². The van der Waals surface area contributed by atoms with Gasteiger partial charge in [0.15, 0.2) is 6.29 Å². The topological polar surface area (TPSA) is 34.9 Å². The molecule has 0 aliphatic carbocycles. The van der Waals surface area contributed by atoms with Crippen LogP contribution in [-0.4, -0.2) is 16.1 Å². The highest BCUT2D eigenvalue weighted by Gasteiger charge is 2.13. The zero-order valence-corrected chi connectivity index (χ0v) is 14.0. The quantitative estimate of drug-likeness (QED) is 0.631. The summed E-state index contributed by atoms with van der Waals surface area (Å²) in [6, 6.07) is 15.2. The van der Waals surface area contributed by atoms with E-state index < -0.39 is 0 Å². The summed E-state index contributed by atoms with van der Waals surface area (Å²) in [5, 5.41) is 5.38. The molecule has 0 unspecified atom stereocenters. The molecule has 0 spiro atoms. The summed E-state index contributed by atoms with van der Waals surface area (Å²) in [5.41, 5.74) is 4.30. The van der Waals surface area contributed by atoms with Crippen molar-refractivity contribution in [1.82, 2.24) is 9.78 Å². The van der Waals surface area contributed by atoms with Crippen LogP contribution in [0.3, 0.4) is 0 Å². The monoisotopic (exact) mass is 344 g/mol. The van der Waals surface area contributed by atoms with Crippen LogP contribution in [0.2, 0.25) is 10.0 Å². The van der Waals surface area contributed by atoms with Crippen molar-refractivity contribution in [3.63, 3.8) is 0 Å². The van der Waals surface area contributed by atoms with Crippen molar-refractivity contribution in [2.45, 2.75) is 13.3 Å². The fourth-order valence-electron chi connectivity index (χ4n) is 2.52. The first-order valence-corrected chi connectivity index (χ1v) is 7.87. The molecule has 1 heterocycles. The van der Waals surface area contributed by atoms with Crippen molar-refractivity contribution in [1.29, 1.82) is 0 Å². The number of hydrogen-bond donors (Lipinski definition) is 0. The predicted molar refractivity (Wildman–Crippen MR) is 93.0 cm³/mol. The smallest absolute Gasteiger partial charge is 0.170 e. The van der Waals surface area contributed by atoms with Crippen LogP contribution in [0.4, 0.5) is 0 Å². The van der Waals surface area contributed by atoms with Gasteiger partial charge >= 0.3 is 0 Å². The molecule has 0 aliphatic rings. The van der Waals surface area contributed by atoms with Crippen LogP contribution < -0.4 is 0 Å². The normalized spacial score (nSPS) is 10.7. The predicted octanol–water partition coefficient (Wildman–Crippen LogP) is 4.89. The Hall–Kier alpha value is -2.10. The Morgan fingerprint density at radius 3 is 2.65 bits per heavy atom. The zero-order chi connectivity index (χ0) is 16.4. The van der Waals surface area contributed by atoms with Crippen molar-refractivity contribution >= 4 is 29.5 Å². The summed E-state index contributed by atoms with van der Waals surface area (Å²) in [4.78, 5) is 11.1. The van der Waals surface area contributed by atoms with Crippen molar-refractivity contribution in [3.8, 4) is 5.69 Å². The summed E-state index contributed by atoms with van der Waals surface area (Å²) in [6.45, 7) is 2.05. The van der Waals surface area contributed by atoms with Gasteiger partial charge < -0.3 is 0 Å². The van der Waals surface area contributed by atoms with Gasteiger partial charge in [-0.15, -0.1) is 0 Å². The molecule has 0 radical (unpaired) electrons. The SMILES string of the molecule is Cc1cccc(Cc2cc(C=O)nn2-c2ccc(Cl)cc2Cl)c1. The van der Waals surface area contributed by atoms with E-state index in [2.05, 4.69) is 11.2 Å². The van der Waals surface area contributed by atoms with Crippen LogP contribution in [0, 0.1) is 6.92 Å². The first-order valence-electron chi connectivity index (χ1n) is 7.12. The average Bonchev–Trinajstić information content (AvgIpc) is 2.90. The number of aromatic nitrogens is 2. The Kier molecular flexibility index (Phi) is 4.51. The molecular weight excluding hydrogens is 331 g/mol. The number of halogens is 2. The second-order valence-corrected chi connectivity index (χ2v) is 6.20. The molecule has 23 heavy (non-hydrogen) atoms. The molecule has 0 aliphatic heterocycles. The molecule has 3 aromatic rings. The fourth-order valence-corrected chi connectivity index (χ4v) is 3.01. The number of aldehydes is 1. The Morgan fingerprint density at radius 2 is 1.96 bits per heavy atom. The molecule has 0 atom stereocenters. The van der Waals surface area contributed by atoms with Gasteiger partial charge in [0.1, 0.15) is 5.69 Å². The molecule has 3 nitrogen and oxygen atoms in total. The van der Waals surface area contributed by atoms with E-state index in [1.807, 2.05) is 25.1 Å². The summed E-state index contributed by atoms with van der Waals surface area (Å²) >= 11 is 12.2. The number of aryl methyl sites for hydroxylation is 1. The highest BCUT2D eigenvalue weighted by Crippen LogP contribution is 2.26. The van der Waals surface area contributed by atoms with Crippen LogP contribution in [0.5, 0.6) is 0 Å². The van der Waals surface area contributed by atoms with Crippen molar-refractivity contribution in [3.05, 3.63) is 81.1 Å². The lowest BCUT2D eigenvalue weighted by atomic mass is 10.1. The van der Waals surface area contributed by atoms with Gasteiger partial charge in [-0.2, -0.15) is 5.10 Å². The third-order valence-corrected chi connectivity index (χ3v) is 4.07. The molecule has 0 amide bonds. The lowest BCUT2D eigenvalue weighted by Crippen LogP contribution is -2.04. The molecule has 0 saturated heterocycles. The third-order valence-electron chi connectivity index (χ3n) is 3.53. The largest absolute Gasteiger partial charge is 0.296 e. The van der Waals surface area contributed by atoms with Crippen molar-refractivity contribution in [2.75, 3.05) is 0 Å². The fraction of sp³-hybridized carbons (Fsp3) is 0.111. The van der Waals surface area contributed by atoms with Gasteiger partial charge in [0.2, 0.25) is 0 Å². The Labute approximate surface area is 144 Å². The standard InChI is InChI=1S/C18H14Cl2N2O/c1-12-3-2-4-13(7-12)8-16-10-15(11-23)21-22(16)18-6-5-14(19)9-17(18)20/h2-7,9-11H,8H2,1H3. The molecule has 0 bridgehead atoms. The first-order chi connectivity index (χ1) is 11.1. The van der Waals surface area contributed by atoms with E-state index >= 15 is 0 Å². The minimum absolute atomic E-state index is 0.374. The molecule has 2 aromatic carbocycles. The molecular formula is C18H14Cl2N2O. The van der Waals surface area contributed by atoms with E-state index in [9.17, 15) is 4.79 Å². The van der Waals surface area contributed by atoms with E-state index in [4.69, 9.17) is 23.2 Å². The Balaban J connectivity index is 2.06. The molecule has 116 valence electrons. The van der Waals surface area contributed by atoms with Crippen LogP contribution >= 0.6 is 23.2 Å². The average molecular weight is 345 g/mol. The van der Waals surface area contributed by atoms with Crippen LogP contribution in [0.1, 0.15) is 27.3 Å². The second-order valence-electron chi connectivity index (χ2n) is 5.35. The number of rotatable bonds is 4. The number of carbonyl (C=O) groups is 1. The highest BCUT2D eigenvalue weighted by atomic mass is 35.5. The van der Waals surface area contributed by atoms with Gasteiger partial charge in [-0.1, -0.05) is 53.0 Å². The maximum atomic E-state index is 11.1. The molecule has 0 saturated carbocycles. The first kappa shape index (κ1) is 15.8. The van der Waals surface area contributed by atoms with Gasteiger partial charge in [-0.3, -0.25) is 4.79 Å². The van der Waals surface area contributed by atoms with Crippen molar-refractivity contribution < 1.29 is 4.79 Å². The summed E-state index contributed by atoms with van der Waals surface area (Å²) < 4.78 is 1.70. The number of hydrogen-bond acceptors (Lipinski definition) is 2. The summed E-state index contributed by atoms with van der Waals surface area (Å²) in [7, 11) is 0. The Bertz CT molecular complexity index is 871. The maximum Gasteiger partial charge on any atom is 0.170 e. The lowest BCUT2D eigenvalue weighted by Gasteiger charge is -2.10. The molecule has 3 rings (SSSR count).